The second kappa shape index (κ2) is 3.87. The van der Waals surface area contributed by atoms with Crippen LogP contribution in [0.3, 0.4) is 0 Å². The lowest BCUT2D eigenvalue weighted by molar-refractivity contribution is 0.576. The first-order valence-electron chi connectivity index (χ1n) is 3.30. The Bertz CT molecular complexity index is 158. The molecule has 3 heteroatoms. The summed E-state index contributed by atoms with van der Waals surface area (Å²) in [5.74, 6) is 0. The lowest BCUT2D eigenvalue weighted by atomic mass is 9.98. The van der Waals surface area contributed by atoms with E-state index in [1.807, 2.05) is 6.92 Å². The zero-order valence-electron chi connectivity index (χ0n) is 6.09. The van der Waals surface area contributed by atoms with E-state index in [2.05, 4.69) is 0 Å². The van der Waals surface area contributed by atoms with Crippen molar-refractivity contribution in [2.75, 3.05) is 0 Å². The molecule has 0 aliphatic heterocycles. The molecule has 0 rings (SSSR count). The van der Waals surface area contributed by atoms with E-state index in [9.17, 15) is 0 Å². The van der Waals surface area contributed by atoms with Gasteiger partial charge in [0.15, 0.2) is 5.54 Å². The highest BCUT2D eigenvalue weighted by Gasteiger charge is 2.22. The Hall–Kier alpha value is -1.06. The normalized spacial score (nSPS) is 10.0. The Kier molecular flexibility index (Phi) is 3.46. The fourth-order valence-corrected chi connectivity index (χ4v) is 0.592. The molecule has 0 heterocycles. The summed E-state index contributed by atoms with van der Waals surface area (Å²) in [7, 11) is 0. The fourth-order valence-electron chi connectivity index (χ4n) is 0.592. The molecule has 0 aliphatic carbocycles. The van der Waals surface area contributed by atoms with Crippen molar-refractivity contribution in [2.45, 2.75) is 31.7 Å². The average molecular weight is 137 g/mol. The van der Waals surface area contributed by atoms with Gasteiger partial charge in [0.1, 0.15) is 12.1 Å². The van der Waals surface area contributed by atoms with Crippen molar-refractivity contribution in [1.29, 1.82) is 10.5 Å². The molecular formula is C7H11N3. The van der Waals surface area contributed by atoms with E-state index in [0.717, 1.165) is 12.8 Å². The SMILES string of the molecule is CCCCC(N)(C#N)C#N. The minimum atomic E-state index is -1.25. The third kappa shape index (κ3) is 2.48. The topological polar surface area (TPSA) is 73.6 Å². The number of nitrogens with two attached hydrogens (primary N) is 1. The maximum Gasteiger partial charge on any atom is 0.191 e. The van der Waals surface area contributed by atoms with Crippen LogP contribution in [0, 0.1) is 22.7 Å². The van der Waals surface area contributed by atoms with Gasteiger partial charge in [-0.05, 0) is 12.8 Å². The summed E-state index contributed by atoms with van der Waals surface area (Å²) in [5.41, 5.74) is 4.11. The standard InChI is InChI=1S/C7H11N3/c1-2-3-4-7(10,5-8)6-9/h2-4,10H2,1H3. The van der Waals surface area contributed by atoms with Crippen LogP contribution in [0.5, 0.6) is 0 Å². The van der Waals surface area contributed by atoms with Gasteiger partial charge in [0.25, 0.3) is 0 Å². The Labute approximate surface area is 61.1 Å². The van der Waals surface area contributed by atoms with Gasteiger partial charge >= 0.3 is 0 Å². The average Bonchev–Trinajstić information content (AvgIpc) is 2.00. The Morgan fingerprint density at radius 1 is 1.40 bits per heavy atom. The van der Waals surface area contributed by atoms with E-state index in [0.29, 0.717) is 6.42 Å². The summed E-state index contributed by atoms with van der Waals surface area (Å²) >= 11 is 0. The van der Waals surface area contributed by atoms with Gasteiger partial charge in [-0.3, -0.25) is 0 Å². The van der Waals surface area contributed by atoms with Gasteiger partial charge in [-0.2, -0.15) is 10.5 Å². The molecule has 54 valence electrons. The van der Waals surface area contributed by atoms with Gasteiger partial charge in [0.05, 0.1) is 0 Å². The van der Waals surface area contributed by atoms with E-state index in [1.165, 1.54) is 0 Å². The van der Waals surface area contributed by atoms with Gasteiger partial charge < -0.3 is 5.73 Å². The molecule has 0 atom stereocenters. The fraction of sp³-hybridized carbons (Fsp3) is 0.714. The van der Waals surface area contributed by atoms with Crippen LogP contribution in [0.1, 0.15) is 26.2 Å². The van der Waals surface area contributed by atoms with Crippen LogP contribution in [0.4, 0.5) is 0 Å². The molecule has 0 saturated heterocycles. The lowest BCUT2D eigenvalue weighted by Crippen LogP contribution is -2.35. The van der Waals surface area contributed by atoms with Gasteiger partial charge in [-0.1, -0.05) is 13.3 Å². The third-order valence-electron chi connectivity index (χ3n) is 1.32. The highest BCUT2D eigenvalue weighted by atomic mass is 14.7. The van der Waals surface area contributed by atoms with Gasteiger partial charge in [-0.15, -0.1) is 0 Å². The smallest absolute Gasteiger partial charge is 0.191 e. The molecular weight excluding hydrogens is 126 g/mol. The zero-order chi connectivity index (χ0) is 8.04. The van der Waals surface area contributed by atoms with Crippen molar-refractivity contribution < 1.29 is 0 Å². The summed E-state index contributed by atoms with van der Waals surface area (Å²) in [6.45, 7) is 2.00. The predicted octanol–water partition coefficient (Wildman–Crippen LogP) is 0.921. The molecule has 0 bridgehead atoms. The Balaban J connectivity index is 3.88. The van der Waals surface area contributed by atoms with Crippen molar-refractivity contribution in [3.8, 4) is 12.1 Å². The van der Waals surface area contributed by atoms with E-state index >= 15 is 0 Å². The number of nitriles is 2. The first-order valence-corrected chi connectivity index (χ1v) is 3.30. The quantitative estimate of drug-likeness (QED) is 0.628. The molecule has 0 amide bonds. The van der Waals surface area contributed by atoms with Crippen molar-refractivity contribution >= 4 is 0 Å². The summed E-state index contributed by atoms with van der Waals surface area (Å²) in [5, 5.41) is 16.8. The van der Waals surface area contributed by atoms with Crippen molar-refractivity contribution in [3.63, 3.8) is 0 Å². The number of rotatable bonds is 3. The molecule has 0 spiro atoms. The number of hydrogen-bond donors (Lipinski definition) is 1. The Morgan fingerprint density at radius 3 is 2.20 bits per heavy atom. The summed E-state index contributed by atoms with van der Waals surface area (Å²) in [4.78, 5) is 0. The molecule has 0 saturated carbocycles. The zero-order valence-corrected chi connectivity index (χ0v) is 6.09. The highest BCUT2D eigenvalue weighted by molar-refractivity contribution is 5.19. The van der Waals surface area contributed by atoms with Crippen LogP contribution in [-0.4, -0.2) is 5.54 Å². The van der Waals surface area contributed by atoms with E-state index in [1.54, 1.807) is 12.1 Å². The molecule has 0 fully saturated rings. The summed E-state index contributed by atoms with van der Waals surface area (Å²) < 4.78 is 0. The lowest BCUT2D eigenvalue weighted by Gasteiger charge is -2.09. The first kappa shape index (κ1) is 8.94. The molecule has 0 aromatic carbocycles. The maximum absolute atomic E-state index is 8.41. The third-order valence-corrected chi connectivity index (χ3v) is 1.32. The van der Waals surface area contributed by atoms with E-state index in [4.69, 9.17) is 16.3 Å². The largest absolute Gasteiger partial charge is 0.301 e. The van der Waals surface area contributed by atoms with Crippen molar-refractivity contribution in [2.24, 2.45) is 5.73 Å². The van der Waals surface area contributed by atoms with Crippen LogP contribution in [0.25, 0.3) is 0 Å². The van der Waals surface area contributed by atoms with Gasteiger partial charge in [0, 0.05) is 0 Å². The van der Waals surface area contributed by atoms with Crippen LogP contribution in [0.15, 0.2) is 0 Å². The minimum Gasteiger partial charge on any atom is -0.301 e. The van der Waals surface area contributed by atoms with Gasteiger partial charge in [-0.25, -0.2) is 0 Å². The second-order valence-electron chi connectivity index (χ2n) is 2.30. The predicted molar refractivity (Wildman–Crippen MR) is 37.7 cm³/mol. The molecule has 0 aromatic heterocycles. The summed E-state index contributed by atoms with van der Waals surface area (Å²) in [6, 6.07) is 3.56. The summed E-state index contributed by atoms with van der Waals surface area (Å²) in [6.07, 6.45) is 2.26. The van der Waals surface area contributed by atoms with Crippen LogP contribution in [0.2, 0.25) is 0 Å². The monoisotopic (exact) mass is 137 g/mol. The first-order chi connectivity index (χ1) is 4.68. The number of nitrogens with zero attached hydrogens (tertiary/aromatic N) is 2. The van der Waals surface area contributed by atoms with E-state index < -0.39 is 5.54 Å². The Morgan fingerprint density at radius 2 is 1.90 bits per heavy atom. The molecule has 10 heavy (non-hydrogen) atoms. The minimum absolute atomic E-state index is 0.469. The molecule has 0 aromatic rings. The van der Waals surface area contributed by atoms with Crippen LogP contribution >= 0.6 is 0 Å². The number of unbranched alkanes of at least 4 members (excludes halogenated alkanes) is 1. The van der Waals surface area contributed by atoms with Crippen molar-refractivity contribution in [3.05, 3.63) is 0 Å². The van der Waals surface area contributed by atoms with Crippen LogP contribution in [-0.2, 0) is 0 Å². The molecule has 0 radical (unpaired) electrons. The van der Waals surface area contributed by atoms with Gasteiger partial charge in [0.2, 0.25) is 0 Å². The molecule has 0 unspecified atom stereocenters. The molecule has 2 N–H and O–H groups in total. The van der Waals surface area contributed by atoms with Crippen LogP contribution < -0.4 is 5.73 Å². The second-order valence-corrected chi connectivity index (χ2v) is 2.30. The van der Waals surface area contributed by atoms with E-state index in [-0.39, 0.29) is 0 Å². The molecule has 3 nitrogen and oxygen atoms in total. The molecule has 0 aliphatic rings. The number of hydrogen-bond acceptors (Lipinski definition) is 3. The van der Waals surface area contributed by atoms with Crippen molar-refractivity contribution in [1.82, 2.24) is 0 Å². The highest BCUT2D eigenvalue weighted by Crippen LogP contribution is 2.08. The maximum atomic E-state index is 8.41.